The molecule has 5 nitrogen and oxygen atoms in total. The molecule has 1 saturated heterocycles. The van der Waals surface area contributed by atoms with Gasteiger partial charge in [0.25, 0.3) is 0 Å². The molecule has 0 aromatic carbocycles. The molecular formula is C23H35NaO5. The standard InChI is InChI=1S/C23H34O5.Na.H/c1-4-14(2)23(26)28-20-7-5-6-16-9-8-15(3)19(22(16)20)11-10-18-12-17(24)13-21(25)27-18;;/h6,8-9,14-15,17-20,22,24H,4-5,7,10-13H2,1-3H3;;/t14-,15-,17+,18+,19-,20-,22-;;/m0../s1. The Morgan fingerprint density at radius 1 is 1.38 bits per heavy atom. The molecular weight excluding hydrogens is 379 g/mol. The number of allylic oxidation sites excluding steroid dienone is 3. The van der Waals surface area contributed by atoms with E-state index in [4.69, 9.17) is 9.47 Å². The number of hydrogen-bond acceptors (Lipinski definition) is 5. The molecule has 6 heteroatoms. The van der Waals surface area contributed by atoms with E-state index < -0.39 is 6.10 Å². The van der Waals surface area contributed by atoms with Crippen LogP contribution in [-0.4, -0.2) is 64.9 Å². The fourth-order valence-electron chi connectivity index (χ4n) is 4.80. The van der Waals surface area contributed by atoms with Crippen molar-refractivity contribution in [2.75, 3.05) is 0 Å². The van der Waals surface area contributed by atoms with Gasteiger partial charge in [0.15, 0.2) is 0 Å². The predicted octanol–water partition coefficient (Wildman–Crippen LogP) is 3.30. The van der Waals surface area contributed by atoms with Crippen LogP contribution in [0.3, 0.4) is 0 Å². The van der Waals surface area contributed by atoms with Gasteiger partial charge in [-0.25, -0.2) is 0 Å². The van der Waals surface area contributed by atoms with Crippen LogP contribution in [0.15, 0.2) is 23.8 Å². The number of carbonyl (C=O) groups excluding carboxylic acids is 2. The second kappa shape index (κ2) is 11.1. The maximum absolute atomic E-state index is 12.4. The topological polar surface area (TPSA) is 72.8 Å². The van der Waals surface area contributed by atoms with Gasteiger partial charge >= 0.3 is 41.5 Å². The van der Waals surface area contributed by atoms with E-state index in [1.807, 2.05) is 13.8 Å². The summed E-state index contributed by atoms with van der Waals surface area (Å²) < 4.78 is 11.4. The molecule has 0 unspecified atom stereocenters. The minimum absolute atomic E-state index is 0. The van der Waals surface area contributed by atoms with Gasteiger partial charge in [-0.2, -0.15) is 0 Å². The van der Waals surface area contributed by atoms with Gasteiger partial charge in [-0.3, -0.25) is 9.59 Å². The Bertz CT molecular complexity index is 643. The van der Waals surface area contributed by atoms with Gasteiger partial charge in [-0.15, -0.1) is 0 Å². The summed E-state index contributed by atoms with van der Waals surface area (Å²) in [6.07, 6.45) is 10.6. The fourth-order valence-corrected chi connectivity index (χ4v) is 4.80. The van der Waals surface area contributed by atoms with Crippen molar-refractivity contribution >= 4 is 41.5 Å². The molecule has 158 valence electrons. The van der Waals surface area contributed by atoms with Crippen molar-refractivity contribution < 1.29 is 24.2 Å². The van der Waals surface area contributed by atoms with Crippen molar-refractivity contribution in [2.45, 2.75) is 84.0 Å². The molecule has 2 aliphatic carbocycles. The van der Waals surface area contributed by atoms with Crippen LogP contribution in [0.4, 0.5) is 0 Å². The van der Waals surface area contributed by atoms with Crippen LogP contribution in [0, 0.1) is 23.7 Å². The van der Waals surface area contributed by atoms with E-state index in [9.17, 15) is 14.7 Å². The van der Waals surface area contributed by atoms with Crippen molar-refractivity contribution in [3.05, 3.63) is 23.8 Å². The van der Waals surface area contributed by atoms with Crippen LogP contribution < -0.4 is 0 Å². The summed E-state index contributed by atoms with van der Waals surface area (Å²) in [5.74, 6) is 0.426. The Morgan fingerprint density at radius 3 is 2.83 bits per heavy atom. The first-order valence-electron chi connectivity index (χ1n) is 10.8. The number of esters is 2. The van der Waals surface area contributed by atoms with Crippen LogP contribution in [0.5, 0.6) is 0 Å². The Balaban J connectivity index is 0.00000300. The average molecular weight is 415 g/mol. The van der Waals surface area contributed by atoms with Crippen LogP contribution in [-0.2, 0) is 19.1 Å². The zero-order valence-electron chi connectivity index (χ0n) is 17.3. The maximum atomic E-state index is 12.4. The number of carbonyl (C=O) groups is 2. The predicted molar refractivity (Wildman–Crippen MR) is 113 cm³/mol. The van der Waals surface area contributed by atoms with E-state index in [1.165, 1.54) is 5.57 Å². The molecule has 1 fully saturated rings. The zero-order valence-corrected chi connectivity index (χ0v) is 17.3. The van der Waals surface area contributed by atoms with Gasteiger partial charge in [0.05, 0.1) is 18.4 Å². The fraction of sp³-hybridized carbons (Fsp3) is 0.739. The van der Waals surface area contributed by atoms with Gasteiger partial charge in [0.2, 0.25) is 0 Å². The van der Waals surface area contributed by atoms with E-state index in [2.05, 4.69) is 25.2 Å². The van der Waals surface area contributed by atoms with Crippen LogP contribution in [0.2, 0.25) is 0 Å². The van der Waals surface area contributed by atoms with Crippen molar-refractivity contribution in [3.63, 3.8) is 0 Å². The quantitative estimate of drug-likeness (QED) is 0.533. The molecule has 1 heterocycles. The summed E-state index contributed by atoms with van der Waals surface area (Å²) in [4.78, 5) is 24.1. The number of cyclic esters (lactones) is 1. The van der Waals surface area contributed by atoms with Gasteiger partial charge in [0, 0.05) is 12.3 Å². The number of aliphatic hydroxyl groups is 1. The second-order valence-electron chi connectivity index (χ2n) is 8.76. The molecule has 3 rings (SSSR count). The minimum atomic E-state index is -0.593. The van der Waals surface area contributed by atoms with E-state index in [0.717, 1.165) is 32.1 Å². The summed E-state index contributed by atoms with van der Waals surface area (Å²) in [5, 5.41) is 9.86. The molecule has 0 saturated carbocycles. The third kappa shape index (κ3) is 6.19. The molecule has 1 aliphatic heterocycles. The second-order valence-corrected chi connectivity index (χ2v) is 8.76. The Kier molecular flexibility index (Phi) is 9.46. The third-order valence-corrected chi connectivity index (χ3v) is 6.69. The number of aliphatic hydroxyl groups excluding tert-OH is 1. The van der Waals surface area contributed by atoms with E-state index in [0.29, 0.717) is 18.3 Å². The van der Waals surface area contributed by atoms with Crippen molar-refractivity contribution in [3.8, 4) is 0 Å². The molecule has 7 atom stereocenters. The molecule has 3 aliphatic rings. The van der Waals surface area contributed by atoms with Crippen LogP contribution in [0.25, 0.3) is 0 Å². The van der Waals surface area contributed by atoms with E-state index in [-0.39, 0.29) is 72.0 Å². The summed E-state index contributed by atoms with van der Waals surface area (Å²) in [6, 6.07) is 0. The molecule has 0 bridgehead atoms. The first-order valence-corrected chi connectivity index (χ1v) is 10.8. The Morgan fingerprint density at radius 2 is 2.14 bits per heavy atom. The average Bonchev–Trinajstić information content (AvgIpc) is 2.66. The summed E-state index contributed by atoms with van der Waals surface area (Å²) in [6.45, 7) is 6.14. The third-order valence-electron chi connectivity index (χ3n) is 6.69. The van der Waals surface area contributed by atoms with E-state index in [1.54, 1.807) is 0 Å². The number of fused-ring (bicyclic) bond motifs is 1. The molecule has 29 heavy (non-hydrogen) atoms. The summed E-state index contributed by atoms with van der Waals surface area (Å²) in [5.41, 5.74) is 1.27. The zero-order chi connectivity index (χ0) is 20.3. The first kappa shape index (κ1) is 24.6. The van der Waals surface area contributed by atoms with Crippen molar-refractivity contribution in [2.24, 2.45) is 23.7 Å². The van der Waals surface area contributed by atoms with Gasteiger partial charge < -0.3 is 14.6 Å². The summed E-state index contributed by atoms with van der Waals surface area (Å²) >= 11 is 0. The van der Waals surface area contributed by atoms with Crippen LogP contribution >= 0.6 is 0 Å². The molecule has 0 spiro atoms. The molecule has 0 aromatic heterocycles. The van der Waals surface area contributed by atoms with Crippen LogP contribution in [0.1, 0.15) is 65.7 Å². The Hall–Kier alpha value is -0.620. The van der Waals surface area contributed by atoms with Crippen molar-refractivity contribution in [1.82, 2.24) is 0 Å². The Labute approximate surface area is 196 Å². The number of ether oxygens (including phenoxy) is 2. The number of hydrogen-bond donors (Lipinski definition) is 1. The van der Waals surface area contributed by atoms with Gasteiger partial charge in [0.1, 0.15) is 12.2 Å². The molecule has 0 amide bonds. The van der Waals surface area contributed by atoms with Gasteiger partial charge in [-0.1, -0.05) is 39.0 Å². The molecule has 1 N–H and O–H groups in total. The van der Waals surface area contributed by atoms with E-state index >= 15 is 0 Å². The number of rotatable bonds is 6. The monoisotopic (exact) mass is 414 g/mol. The molecule has 0 aromatic rings. The van der Waals surface area contributed by atoms with Crippen molar-refractivity contribution in [1.29, 1.82) is 0 Å². The van der Waals surface area contributed by atoms with Gasteiger partial charge in [-0.05, 0) is 49.5 Å². The normalized spacial score (nSPS) is 34.9. The first-order chi connectivity index (χ1) is 13.4. The molecule has 0 radical (unpaired) electrons. The SMILES string of the molecule is CC[C@H](C)C(=O)O[C@H]1CCC=C2C=C[C@H](C)[C@H](CC[C@@H]3C[C@@H](O)CC(=O)O3)[C@H]21.[NaH]. The summed E-state index contributed by atoms with van der Waals surface area (Å²) in [7, 11) is 0.